The third-order valence-electron chi connectivity index (χ3n) is 4.51. The Balaban J connectivity index is 1.95. The summed E-state index contributed by atoms with van der Waals surface area (Å²) in [5, 5.41) is 11.8. The molecule has 2 aromatic heterocycles. The lowest BCUT2D eigenvalue weighted by Gasteiger charge is -2.22. The summed E-state index contributed by atoms with van der Waals surface area (Å²) in [6, 6.07) is 6.51. The Labute approximate surface area is 180 Å². The SMILES string of the molecule is CC[C@H](C)NC(=O)CN(C)c1nn2c(NC(C)(C)C)c(-c3cccc(F)c3)nc2s1. The first-order valence-electron chi connectivity index (χ1n) is 10.0. The van der Waals surface area contributed by atoms with Crippen LogP contribution in [0.1, 0.15) is 41.0 Å². The van der Waals surface area contributed by atoms with Crippen molar-refractivity contribution in [3.05, 3.63) is 30.1 Å². The van der Waals surface area contributed by atoms with Crippen LogP contribution < -0.4 is 15.5 Å². The second kappa shape index (κ2) is 8.59. The van der Waals surface area contributed by atoms with E-state index >= 15 is 0 Å². The van der Waals surface area contributed by atoms with Gasteiger partial charge in [0.2, 0.25) is 16.0 Å². The highest BCUT2D eigenvalue weighted by atomic mass is 32.1. The van der Waals surface area contributed by atoms with Crippen LogP contribution in [-0.2, 0) is 4.79 Å². The van der Waals surface area contributed by atoms with E-state index in [0.29, 0.717) is 27.2 Å². The number of carbonyl (C=O) groups is 1. The van der Waals surface area contributed by atoms with Crippen molar-refractivity contribution in [3.8, 4) is 11.3 Å². The number of amides is 1. The Kier molecular flexibility index (Phi) is 6.30. The van der Waals surface area contributed by atoms with Gasteiger partial charge >= 0.3 is 0 Å². The van der Waals surface area contributed by atoms with Gasteiger partial charge in [0.1, 0.15) is 11.5 Å². The van der Waals surface area contributed by atoms with Crippen molar-refractivity contribution in [1.82, 2.24) is 19.9 Å². The van der Waals surface area contributed by atoms with Crippen molar-refractivity contribution in [3.63, 3.8) is 0 Å². The molecule has 2 heterocycles. The van der Waals surface area contributed by atoms with Crippen molar-refractivity contribution in [2.45, 2.75) is 52.6 Å². The van der Waals surface area contributed by atoms with Gasteiger partial charge in [-0.25, -0.2) is 9.37 Å². The highest BCUT2D eigenvalue weighted by Crippen LogP contribution is 2.34. The van der Waals surface area contributed by atoms with Gasteiger partial charge in [-0.05, 0) is 46.2 Å². The predicted molar refractivity (Wildman–Crippen MR) is 121 cm³/mol. The molecule has 0 aliphatic rings. The van der Waals surface area contributed by atoms with Crippen LogP contribution in [0.25, 0.3) is 16.2 Å². The standard InChI is InChI=1S/C21H29FN6OS/c1-7-13(2)23-16(29)12-27(6)20-26-28-18(25-21(3,4)5)17(24-19(28)30-20)14-9-8-10-15(22)11-14/h8-11,13,25H,7,12H2,1-6H3,(H,23,29)/t13-/m0/s1. The smallest absolute Gasteiger partial charge is 0.239 e. The minimum atomic E-state index is -0.314. The number of likely N-dealkylation sites (N-methyl/N-ethyl adjacent to an activating group) is 1. The molecule has 0 bridgehead atoms. The maximum Gasteiger partial charge on any atom is 0.239 e. The molecule has 2 N–H and O–H groups in total. The quantitative estimate of drug-likeness (QED) is 0.586. The third-order valence-corrected chi connectivity index (χ3v) is 5.53. The fraction of sp³-hybridized carbons (Fsp3) is 0.476. The first-order valence-corrected chi connectivity index (χ1v) is 10.8. The number of carbonyl (C=O) groups excluding carboxylic acids is 1. The lowest BCUT2D eigenvalue weighted by molar-refractivity contribution is -0.120. The van der Waals surface area contributed by atoms with E-state index in [2.05, 4.69) is 15.7 Å². The zero-order valence-electron chi connectivity index (χ0n) is 18.3. The van der Waals surface area contributed by atoms with Crippen LogP contribution in [0.4, 0.5) is 15.3 Å². The van der Waals surface area contributed by atoms with Gasteiger partial charge in [-0.15, -0.1) is 5.10 Å². The fourth-order valence-corrected chi connectivity index (χ4v) is 3.76. The predicted octanol–water partition coefficient (Wildman–Crippen LogP) is 4.16. The van der Waals surface area contributed by atoms with Gasteiger partial charge in [0.15, 0.2) is 5.82 Å². The maximum atomic E-state index is 13.8. The number of hydrogen-bond acceptors (Lipinski definition) is 6. The zero-order valence-corrected chi connectivity index (χ0v) is 19.1. The first-order chi connectivity index (χ1) is 14.1. The van der Waals surface area contributed by atoms with E-state index in [1.165, 1.54) is 23.5 Å². The minimum Gasteiger partial charge on any atom is -0.364 e. The molecule has 9 heteroatoms. The lowest BCUT2D eigenvalue weighted by Crippen LogP contribution is -2.39. The normalized spacial score (nSPS) is 12.8. The minimum absolute atomic E-state index is 0.0480. The third kappa shape index (κ3) is 5.08. The molecule has 1 amide bonds. The summed E-state index contributed by atoms with van der Waals surface area (Å²) in [6.45, 7) is 10.3. The molecule has 30 heavy (non-hydrogen) atoms. The van der Waals surface area contributed by atoms with Crippen LogP contribution in [0.15, 0.2) is 24.3 Å². The Morgan fingerprint density at radius 3 is 2.73 bits per heavy atom. The Hall–Kier alpha value is -2.68. The fourth-order valence-electron chi connectivity index (χ4n) is 2.90. The number of halogens is 1. The molecule has 162 valence electrons. The molecule has 0 saturated heterocycles. The molecule has 1 atom stereocenters. The maximum absolute atomic E-state index is 13.8. The topological polar surface area (TPSA) is 74.6 Å². The van der Waals surface area contributed by atoms with E-state index in [1.54, 1.807) is 15.5 Å². The Bertz CT molecular complexity index is 1040. The van der Waals surface area contributed by atoms with E-state index in [9.17, 15) is 9.18 Å². The molecule has 3 rings (SSSR count). The molecule has 7 nitrogen and oxygen atoms in total. The van der Waals surface area contributed by atoms with Crippen LogP contribution in [0, 0.1) is 5.82 Å². The number of imidazole rings is 1. The van der Waals surface area contributed by atoms with Gasteiger partial charge in [0.25, 0.3) is 0 Å². The molecular formula is C21H29FN6OS. The number of hydrogen-bond donors (Lipinski definition) is 2. The highest BCUT2D eigenvalue weighted by molar-refractivity contribution is 7.20. The molecule has 0 aliphatic carbocycles. The average molecular weight is 433 g/mol. The number of aromatic nitrogens is 3. The second-order valence-corrected chi connectivity index (χ2v) is 9.44. The van der Waals surface area contributed by atoms with Gasteiger partial charge in [0, 0.05) is 24.2 Å². The number of fused-ring (bicyclic) bond motifs is 1. The van der Waals surface area contributed by atoms with Crippen molar-refractivity contribution >= 4 is 33.2 Å². The van der Waals surface area contributed by atoms with Crippen LogP contribution in [0.3, 0.4) is 0 Å². The molecule has 0 radical (unpaired) electrons. The van der Waals surface area contributed by atoms with Gasteiger partial charge in [-0.1, -0.05) is 30.4 Å². The van der Waals surface area contributed by atoms with Crippen molar-refractivity contribution in [2.24, 2.45) is 0 Å². The molecule has 1 aromatic carbocycles. The number of nitrogens with zero attached hydrogens (tertiary/aromatic N) is 4. The zero-order chi connectivity index (χ0) is 22.1. The van der Waals surface area contributed by atoms with Crippen LogP contribution >= 0.6 is 11.3 Å². The van der Waals surface area contributed by atoms with E-state index in [0.717, 1.165) is 6.42 Å². The summed E-state index contributed by atoms with van der Waals surface area (Å²) in [6.07, 6.45) is 0.880. The summed E-state index contributed by atoms with van der Waals surface area (Å²) >= 11 is 1.38. The van der Waals surface area contributed by atoms with Gasteiger partial charge in [0.05, 0.1) is 6.54 Å². The van der Waals surface area contributed by atoms with Gasteiger partial charge < -0.3 is 15.5 Å². The summed E-state index contributed by atoms with van der Waals surface area (Å²) in [5.74, 6) is 0.336. The van der Waals surface area contributed by atoms with E-state index < -0.39 is 0 Å². The highest BCUT2D eigenvalue weighted by Gasteiger charge is 2.23. The summed E-state index contributed by atoms with van der Waals surface area (Å²) in [7, 11) is 1.83. The monoisotopic (exact) mass is 432 g/mol. The summed E-state index contributed by atoms with van der Waals surface area (Å²) < 4.78 is 15.5. The van der Waals surface area contributed by atoms with E-state index in [1.807, 2.05) is 47.7 Å². The van der Waals surface area contributed by atoms with E-state index in [-0.39, 0.29) is 29.8 Å². The molecule has 0 aliphatic heterocycles. The van der Waals surface area contributed by atoms with Crippen molar-refractivity contribution < 1.29 is 9.18 Å². The summed E-state index contributed by atoms with van der Waals surface area (Å²) in [5.41, 5.74) is 1.08. The number of rotatable bonds is 7. The molecule has 0 spiro atoms. The molecular weight excluding hydrogens is 403 g/mol. The molecule has 0 unspecified atom stereocenters. The second-order valence-electron chi connectivity index (χ2n) is 8.51. The van der Waals surface area contributed by atoms with Crippen LogP contribution in [0.5, 0.6) is 0 Å². The van der Waals surface area contributed by atoms with Crippen molar-refractivity contribution in [2.75, 3.05) is 23.8 Å². The van der Waals surface area contributed by atoms with Crippen LogP contribution in [-0.4, -0.2) is 45.7 Å². The average Bonchev–Trinajstić information content (AvgIpc) is 3.20. The first kappa shape index (κ1) is 22.0. The Morgan fingerprint density at radius 2 is 2.10 bits per heavy atom. The van der Waals surface area contributed by atoms with Gasteiger partial charge in [-0.2, -0.15) is 4.52 Å². The summed E-state index contributed by atoms with van der Waals surface area (Å²) in [4.78, 5) is 19.4. The largest absolute Gasteiger partial charge is 0.364 e. The van der Waals surface area contributed by atoms with E-state index in [4.69, 9.17) is 4.98 Å². The number of nitrogens with one attached hydrogen (secondary N) is 2. The Morgan fingerprint density at radius 1 is 1.37 bits per heavy atom. The lowest BCUT2D eigenvalue weighted by atomic mass is 10.1. The number of benzene rings is 1. The molecule has 3 aromatic rings. The van der Waals surface area contributed by atoms with Crippen LogP contribution in [0.2, 0.25) is 0 Å². The molecule has 0 saturated carbocycles. The van der Waals surface area contributed by atoms with Crippen molar-refractivity contribution in [1.29, 1.82) is 0 Å². The van der Waals surface area contributed by atoms with Gasteiger partial charge in [-0.3, -0.25) is 4.79 Å². The number of anilines is 2. The molecule has 0 fully saturated rings.